The lowest BCUT2D eigenvalue weighted by molar-refractivity contribution is -0.150. The first kappa shape index (κ1) is 55.0. The summed E-state index contributed by atoms with van der Waals surface area (Å²) in [5.74, 6) is -2.37. The van der Waals surface area contributed by atoms with Crippen molar-refractivity contribution < 1.29 is 34.1 Å². The molecule has 0 aromatic carbocycles. The predicted molar refractivity (Wildman–Crippen MR) is 245 cm³/mol. The van der Waals surface area contributed by atoms with Crippen molar-refractivity contribution in [1.82, 2.24) is 10.6 Å². The Balaban J connectivity index is 4.29. The van der Waals surface area contributed by atoms with Crippen molar-refractivity contribution in [2.75, 3.05) is 13.2 Å². The molecule has 4 N–H and O–H groups in total. The molecule has 0 bridgehead atoms. The molecule has 334 valence electrons. The van der Waals surface area contributed by atoms with Crippen LogP contribution < -0.4 is 10.6 Å². The molecular formula is C50H82N2O7. The number of hydrogen-bond acceptors (Lipinski definition) is 6. The van der Waals surface area contributed by atoms with E-state index in [0.717, 1.165) is 103 Å². The number of carboxylic acids is 1. The maximum Gasteiger partial charge on any atom is 0.328 e. The third-order valence-electron chi connectivity index (χ3n) is 9.66. The van der Waals surface area contributed by atoms with Gasteiger partial charge in [0.1, 0.15) is 12.1 Å². The number of allylic oxidation sites excluding steroid dienone is 14. The number of carboxylic acid groups (broad SMARTS) is 1. The van der Waals surface area contributed by atoms with Crippen LogP contribution >= 0.6 is 0 Å². The van der Waals surface area contributed by atoms with Crippen LogP contribution in [0, 0.1) is 0 Å². The molecule has 0 spiro atoms. The number of esters is 1. The summed E-state index contributed by atoms with van der Waals surface area (Å²) in [6.07, 6.45) is 56.2. The molecule has 9 nitrogen and oxygen atoms in total. The number of carbonyl (C=O) groups excluding carboxylic acids is 3. The van der Waals surface area contributed by atoms with Gasteiger partial charge in [0, 0.05) is 12.8 Å². The summed E-state index contributed by atoms with van der Waals surface area (Å²) in [5, 5.41) is 22.5. The van der Waals surface area contributed by atoms with Gasteiger partial charge in [0.2, 0.25) is 11.8 Å². The highest BCUT2D eigenvalue weighted by molar-refractivity contribution is 5.87. The Hall–Kier alpha value is -3.98. The molecule has 0 aromatic heterocycles. The molecule has 0 saturated heterocycles. The van der Waals surface area contributed by atoms with Gasteiger partial charge in [0.05, 0.1) is 13.2 Å². The Kier molecular flexibility index (Phi) is 40.7. The van der Waals surface area contributed by atoms with Gasteiger partial charge >= 0.3 is 11.9 Å². The molecular weight excluding hydrogens is 741 g/mol. The highest BCUT2D eigenvalue weighted by Gasteiger charge is 2.19. The molecule has 2 atom stereocenters. The average Bonchev–Trinajstić information content (AvgIpc) is 3.22. The summed E-state index contributed by atoms with van der Waals surface area (Å²) in [6.45, 7) is 3.34. The van der Waals surface area contributed by atoms with Gasteiger partial charge in [-0.2, -0.15) is 0 Å². The fourth-order valence-electron chi connectivity index (χ4n) is 6.17. The van der Waals surface area contributed by atoms with Crippen LogP contribution in [0.1, 0.15) is 181 Å². The minimum absolute atomic E-state index is 0.0466. The summed E-state index contributed by atoms with van der Waals surface area (Å²) in [6, 6.07) is -1.39. The SMILES string of the molecule is CC/C=C\C/C=C\C/C=C\C/C=C\C/C=C\C/C=C\C/C=C\CCCC(=O)OC(CCCCCCCCCC)CCCCCCCC(=O)NCC(=O)NC(CO)C(=O)O. The molecule has 0 aromatic rings. The zero-order valence-electron chi connectivity index (χ0n) is 37.0. The Labute approximate surface area is 358 Å². The molecule has 59 heavy (non-hydrogen) atoms. The molecule has 0 radical (unpaired) electrons. The Morgan fingerprint density at radius 2 is 0.966 bits per heavy atom. The van der Waals surface area contributed by atoms with Crippen LogP contribution in [-0.4, -0.2) is 59.3 Å². The van der Waals surface area contributed by atoms with E-state index in [9.17, 15) is 19.2 Å². The number of aliphatic hydroxyl groups excluding tert-OH is 1. The number of rotatable bonds is 40. The minimum Gasteiger partial charge on any atom is -0.480 e. The molecule has 0 aliphatic carbocycles. The first-order valence-corrected chi connectivity index (χ1v) is 23.0. The molecule has 0 saturated carbocycles. The van der Waals surface area contributed by atoms with E-state index in [4.69, 9.17) is 14.9 Å². The zero-order chi connectivity index (χ0) is 43.3. The van der Waals surface area contributed by atoms with Crippen molar-refractivity contribution in [2.24, 2.45) is 0 Å². The molecule has 9 heteroatoms. The van der Waals surface area contributed by atoms with Crippen LogP contribution in [0.15, 0.2) is 85.1 Å². The van der Waals surface area contributed by atoms with E-state index >= 15 is 0 Å². The van der Waals surface area contributed by atoms with Gasteiger partial charge in [-0.15, -0.1) is 0 Å². The lowest BCUT2D eigenvalue weighted by atomic mass is 10.0. The number of aliphatic carboxylic acids is 1. The van der Waals surface area contributed by atoms with Crippen LogP contribution in [0.4, 0.5) is 0 Å². The van der Waals surface area contributed by atoms with Crippen molar-refractivity contribution in [3.8, 4) is 0 Å². The number of nitrogens with one attached hydrogen (secondary N) is 2. The van der Waals surface area contributed by atoms with E-state index in [-0.39, 0.29) is 30.9 Å². The summed E-state index contributed by atoms with van der Waals surface area (Å²) in [4.78, 5) is 47.5. The van der Waals surface area contributed by atoms with E-state index in [2.05, 4.69) is 110 Å². The van der Waals surface area contributed by atoms with Crippen LogP contribution in [-0.2, 0) is 23.9 Å². The third kappa shape index (κ3) is 40.6. The molecule has 2 amide bonds. The number of ether oxygens (including phenoxy) is 1. The number of aliphatic hydroxyl groups is 1. The van der Waals surface area contributed by atoms with E-state index in [1.54, 1.807) is 0 Å². The standard InChI is InChI=1S/C50H82N2O7/c1-3-5-7-9-11-13-14-15-16-17-18-19-20-21-22-23-24-25-26-27-29-34-38-42-49(56)59-45(39-35-31-28-12-10-8-6-4-2)40-36-32-30-33-37-41-47(54)51-43-48(55)52-46(44-53)50(57)58/h5,7,11,13,15-16,18-19,21-22,24-25,27,29,45-46,53H,3-4,6,8-10,12,14,17,20,23,26,28,30-44H2,1-2H3,(H,51,54)(H,52,55)(H,57,58)/b7-5-,13-11-,16-15-,19-18-,22-21-,25-24-,29-27-. The summed E-state index contributed by atoms with van der Waals surface area (Å²) in [5.41, 5.74) is 0. The minimum atomic E-state index is -1.39. The van der Waals surface area contributed by atoms with E-state index in [0.29, 0.717) is 12.8 Å². The van der Waals surface area contributed by atoms with Crippen LogP contribution in [0.3, 0.4) is 0 Å². The molecule has 0 aliphatic rings. The highest BCUT2D eigenvalue weighted by Crippen LogP contribution is 2.18. The zero-order valence-corrected chi connectivity index (χ0v) is 37.0. The van der Waals surface area contributed by atoms with E-state index < -0.39 is 24.5 Å². The second-order valence-corrected chi connectivity index (χ2v) is 15.1. The van der Waals surface area contributed by atoms with Gasteiger partial charge in [-0.05, 0) is 89.9 Å². The van der Waals surface area contributed by atoms with Crippen molar-refractivity contribution in [2.45, 2.75) is 193 Å². The number of amides is 2. The van der Waals surface area contributed by atoms with Gasteiger partial charge in [-0.25, -0.2) is 4.79 Å². The fourth-order valence-corrected chi connectivity index (χ4v) is 6.17. The second kappa shape index (κ2) is 43.6. The maximum absolute atomic E-state index is 12.8. The van der Waals surface area contributed by atoms with E-state index in [1.165, 1.54) is 44.9 Å². The number of unbranched alkanes of at least 4 members (excludes halogenated alkanes) is 12. The summed E-state index contributed by atoms with van der Waals surface area (Å²) < 4.78 is 5.99. The first-order valence-electron chi connectivity index (χ1n) is 23.0. The van der Waals surface area contributed by atoms with Gasteiger partial charge in [0.15, 0.2) is 0 Å². The number of hydrogen-bond donors (Lipinski definition) is 4. The topological polar surface area (TPSA) is 142 Å². The van der Waals surface area contributed by atoms with Crippen molar-refractivity contribution in [3.05, 3.63) is 85.1 Å². The Morgan fingerprint density at radius 3 is 1.42 bits per heavy atom. The van der Waals surface area contributed by atoms with Gasteiger partial charge in [-0.3, -0.25) is 14.4 Å². The second-order valence-electron chi connectivity index (χ2n) is 15.1. The average molecular weight is 823 g/mol. The van der Waals surface area contributed by atoms with Gasteiger partial charge < -0.3 is 25.6 Å². The highest BCUT2D eigenvalue weighted by atomic mass is 16.5. The Bertz CT molecular complexity index is 1260. The molecule has 0 rings (SSSR count). The Morgan fingerprint density at radius 1 is 0.525 bits per heavy atom. The summed E-state index contributed by atoms with van der Waals surface area (Å²) >= 11 is 0. The molecule has 0 heterocycles. The molecule has 2 unspecified atom stereocenters. The predicted octanol–water partition coefficient (Wildman–Crippen LogP) is 11.7. The lowest BCUT2D eigenvalue weighted by Crippen LogP contribution is -2.47. The first-order chi connectivity index (χ1) is 28.8. The number of carbonyl (C=O) groups is 4. The largest absolute Gasteiger partial charge is 0.480 e. The quantitative estimate of drug-likeness (QED) is 0.0274. The third-order valence-corrected chi connectivity index (χ3v) is 9.66. The van der Waals surface area contributed by atoms with Crippen molar-refractivity contribution in [3.63, 3.8) is 0 Å². The van der Waals surface area contributed by atoms with Gasteiger partial charge in [0.25, 0.3) is 0 Å². The van der Waals surface area contributed by atoms with Crippen LogP contribution in [0.25, 0.3) is 0 Å². The van der Waals surface area contributed by atoms with Gasteiger partial charge in [-0.1, -0.05) is 163 Å². The van der Waals surface area contributed by atoms with E-state index in [1.807, 2.05) is 0 Å². The van der Waals surface area contributed by atoms with Crippen LogP contribution in [0.2, 0.25) is 0 Å². The summed E-state index contributed by atoms with van der Waals surface area (Å²) in [7, 11) is 0. The smallest absolute Gasteiger partial charge is 0.328 e. The molecule has 0 aliphatic heterocycles. The van der Waals surface area contributed by atoms with Crippen LogP contribution in [0.5, 0.6) is 0 Å². The van der Waals surface area contributed by atoms with Crippen molar-refractivity contribution >= 4 is 23.8 Å². The lowest BCUT2D eigenvalue weighted by Gasteiger charge is -2.18. The monoisotopic (exact) mass is 823 g/mol. The maximum atomic E-state index is 12.8. The normalized spacial score (nSPS) is 13.3. The molecule has 0 fully saturated rings. The fraction of sp³-hybridized carbons (Fsp3) is 0.640. The van der Waals surface area contributed by atoms with Crippen molar-refractivity contribution in [1.29, 1.82) is 0 Å².